The van der Waals surface area contributed by atoms with Gasteiger partial charge in [0.1, 0.15) is 0 Å². The maximum Gasteiger partial charge on any atom is 0.335 e. The highest BCUT2D eigenvalue weighted by Crippen LogP contribution is 2.22. The number of rotatable bonds is 4. The summed E-state index contributed by atoms with van der Waals surface area (Å²) in [6, 6.07) is 14.4. The van der Waals surface area contributed by atoms with Gasteiger partial charge in [0, 0.05) is 5.56 Å². The topological polar surface area (TPSA) is 54.4 Å². The summed E-state index contributed by atoms with van der Waals surface area (Å²) in [5, 5.41) is 8.87. The lowest BCUT2D eigenvalue weighted by atomic mass is 10.00. The molecule has 2 aromatic rings. The van der Waals surface area contributed by atoms with Crippen molar-refractivity contribution in [1.29, 1.82) is 0 Å². The lowest BCUT2D eigenvalue weighted by molar-refractivity contribution is -0.130. The molecule has 2 aromatic carbocycles. The number of carbonyl (C=O) groups is 2. The Labute approximate surface area is 117 Å². The largest absolute Gasteiger partial charge is 0.478 e. The third kappa shape index (κ3) is 2.83. The Bertz CT molecular complexity index is 664. The van der Waals surface area contributed by atoms with Crippen molar-refractivity contribution < 1.29 is 14.7 Å². The minimum absolute atomic E-state index is 0.0321. The molecule has 0 aromatic heterocycles. The van der Waals surface area contributed by atoms with Gasteiger partial charge in [0.25, 0.3) is 0 Å². The maximum absolute atomic E-state index is 11.2. The van der Waals surface area contributed by atoms with E-state index in [-0.39, 0.29) is 11.4 Å². The van der Waals surface area contributed by atoms with Gasteiger partial charge in [-0.2, -0.15) is 0 Å². The van der Waals surface area contributed by atoms with Crippen molar-refractivity contribution in [1.82, 2.24) is 0 Å². The second-order valence-corrected chi connectivity index (χ2v) is 4.49. The summed E-state index contributed by atoms with van der Waals surface area (Å²) in [5.41, 5.74) is 3.26. The van der Waals surface area contributed by atoms with Gasteiger partial charge in [0.2, 0.25) is 0 Å². The maximum atomic E-state index is 11.2. The smallest absolute Gasteiger partial charge is 0.335 e. The van der Waals surface area contributed by atoms with Crippen LogP contribution < -0.4 is 0 Å². The summed E-state index contributed by atoms with van der Waals surface area (Å²) in [5.74, 6) is -0.992. The van der Waals surface area contributed by atoms with Gasteiger partial charge in [-0.05, 0) is 23.6 Å². The summed E-state index contributed by atoms with van der Waals surface area (Å²) in [7, 11) is 0. The van der Waals surface area contributed by atoms with E-state index in [2.05, 4.69) is 6.58 Å². The molecule has 0 spiro atoms. The van der Waals surface area contributed by atoms with Gasteiger partial charge in [-0.1, -0.05) is 55.1 Å². The van der Waals surface area contributed by atoms with E-state index in [9.17, 15) is 9.59 Å². The number of carboxylic acids is 1. The van der Waals surface area contributed by atoms with Crippen LogP contribution in [0.3, 0.4) is 0 Å². The van der Waals surface area contributed by atoms with Gasteiger partial charge in [0.15, 0.2) is 5.78 Å². The zero-order chi connectivity index (χ0) is 14.7. The van der Waals surface area contributed by atoms with E-state index in [1.165, 1.54) is 6.92 Å². The Morgan fingerprint density at radius 2 is 1.25 bits per heavy atom. The highest BCUT2D eigenvalue weighted by Gasteiger charge is 2.07. The van der Waals surface area contributed by atoms with E-state index < -0.39 is 5.97 Å². The molecule has 0 aliphatic rings. The summed E-state index contributed by atoms with van der Waals surface area (Å²) >= 11 is 0. The second-order valence-electron chi connectivity index (χ2n) is 4.49. The Morgan fingerprint density at radius 3 is 1.60 bits per heavy atom. The van der Waals surface area contributed by atoms with Gasteiger partial charge in [-0.25, -0.2) is 4.79 Å². The first-order chi connectivity index (χ1) is 9.49. The van der Waals surface area contributed by atoms with E-state index in [1.54, 1.807) is 24.3 Å². The average molecular weight is 266 g/mol. The van der Waals surface area contributed by atoms with Crippen molar-refractivity contribution in [2.24, 2.45) is 0 Å². The second kappa shape index (κ2) is 5.53. The zero-order valence-electron chi connectivity index (χ0n) is 11.1. The number of hydrogen-bond donors (Lipinski definition) is 1. The quantitative estimate of drug-likeness (QED) is 0.678. The molecule has 20 heavy (non-hydrogen) atoms. The molecule has 0 unspecified atom stereocenters. The molecule has 100 valence electrons. The first-order valence-electron chi connectivity index (χ1n) is 6.13. The fourth-order valence-electron chi connectivity index (χ4n) is 1.88. The van der Waals surface area contributed by atoms with E-state index in [0.717, 1.165) is 11.1 Å². The van der Waals surface area contributed by atoms with Crippen molar-refractivity contribution in [2.45, 2.75) is 6.92 Å². The molecule has 0 bridgehead atoms. The minimum atomic E-state index is -1.02. The van der Waals surface area contributed by atoms with E-state index >= 15 is 0 Å². The van der Waals surface area contributed by atoms with E-state index in [0.29, 0.717) is 11.1 Å². The normalized spacial score (nSPS) is 10.1. The lowest BCUT2D eigenvalue weighted by Crippen LogP contribution is -1.97. The molecule has 0 heterocycles. The van der Waals surface area contributed by atoms with Crippen LogP contribution in [0.1, 0.15) is 22.8 Å². The Kier molecular flexibility index (Phi) is 3.80. The number of aliphatic carboxylic acids is 1. The summed E-state index contributed by atoms with van der Waals surface area (Å²) in [6.45, 7) is 5.05. The van der Waals surface area contributed by atoms with Crippen molar-refractivity contribution in [3.63, 3.8) is 0 Å². The van der Waals surface area contributed by atoms with Crippen LogP contribution in [0, 0.1) is 0 Å². The fraction of sp³-hybridized carbons (Fsp3) is 0.0588. The van der Waals surface area contributed by atoms with Crippen molar-refractivity contribution >= 4 is 17.3 Å². The van der Waals surface area contributed by atoms with Crippen molar-refractivity contribution in [3.05, 3.63) is 66.2 Å². The van der Waals surface area contributed by atoms with Crippen LogP contribution in [-0.2, 0) is 4.79 Å². The molecule has 0 amide bonds. The predicted molar refractivity (Wildman–Crippen MR) is 78.6 cm³/mol. The average Bonchev–Trinajstić information content (AvgIpc) is 2.46. The van der Waals surface area contributed by atoms with Crippen LogP contribution in [-0.4, -0.2) is 16.9 Å². The molecule has 3 nitrogen and oxygen atoms in total. The highest BCUT2D eigenvalue weighted by molar-refractivity contribution is 6.14. The van der Waals surface area contributed by atoms with Gasteiger partial charge in [0.05, 0.1) is 5.57 Å². The molecule has 0 saturated heterocycles. The van der Waals surface area contributed by atoms with E-state index in [1.807, 2.05) is 24.3 Å². The molecule has 0 aliphatic heterocycles. The predicted octanol–water partition coefficient (Wildman–Crippen LogP) is 3.65. The number of Topliss-reactive ketones (excluding diaryl/α,β-unsaturated/α-hetero) is 1. The summed E-state index contributed by atoms with van der Waals surface area (Å²) < 4.78 is 0. The molecule has 0 aliphatic carbocycles. The molecule has 1 N–H and O–H groups in total. The van der Waals surface area contributed by atoms with Gasteiger partial charge in [-0.3, -0.25) is 4.79 Å². The van der Waals surface area contributed by atoms with Gasteiger partial charge < -0.3 is 5.11 Å². The summed E-state index contributed by atoms with van der Waals surface area (Å²) in [4.78, 5) is 22.0. The Balaban J connectivity index is 2.28. The minimum Gasteiger partial charge on any atom is -0.478 e. The molecule has 0 atom stereocenters. The Morgan fingerprint density at radius 1 is 0.850 bits per heavy atom. The summed E-state index contributed by atoms with van der Waals surface area (Å²) in [6.07, 6.45) is 0. The third-order valence-electron chi connectivity index (χ3n) is 3.12. The van der Waals surface area contributed by atoms with Crippen molar-refractivity contribution in [3.8, 4) is 11.1 Å². The Hall–Kier alpha value is -2.68. The van der Waals surface area contributed by atoms with Crippen LogP contribution in [0.5, 0.6) is 0 Å². The van der Waals surface area contributed by atoms with Crippen LogP contribution in [0.25, 0.3) is 16.7 Å². The SMILES string of the molecule is C=C(C(=O)O)c1ccc(-c2ccc(C(C)=O)cc2)cc1. The van der Waals surface area contributed by atoms with Crippen molar-refractivity contribution in [2.75, 3.05) is 0 Å². The van der Waals surface area contributed by atoms with Crippen LogP contribution in [0.15, 0.2) is 55.1 Å². The molecule has 0 saturated carbocycles. The molecule has 0 fully saturated rings. The molecule has 3 heteroatoms. The lowest BCUT2D eigenvalue weighted by Gasteiger charge is -2.05. The van der Waals surface area contributed by atoms with Crippen LogP contribution in [0.2, 0.25) is 0 Å². The fourth-order valence-corrected chi connectivity index (χ4v) is 1.88. The number of benzene rings is 2. The van der Waals surface area contributed by atoms with Crippen LogP contribution >= 0.6 is 0 Å². The third-order valence-corrected chi connectivity index (χ3v) is 3.12. The molecule has 0 radical (unpaired) electrons. The number of ketones is 1. The molecular formula is C17H14O3. The highest BCUT2D eigenvalue weighted by atomic mass is 16.4. The molecular weight excluding hydrogens is 252 g/mol. The van der Waals surface area contributed by atoms with E-state index in [4.69, 9.17) is 5.11 Å². The monoisotopic (exact) mass is 266 g/mol. The first kappa shape index (κ1) is 13.7. The first-order valence-corrected chi connectivity index (χ1v) is 6.13. The van der Waals surface area contributed by atoms with Crippen LogP contribution in [0.4, 0.5) is 0 Å². The number of carbonyl (C=O) groups excluding carboxylic acids is 1. The standard InChI is InChI=1S/C17H14O3/c1-11(17(19)20)13-3-7-15(8-4-13)16-9-5-14(6-10-16)12(2)18/h3-10H,1H2,2H3,(H,19,20). The number of carboxylic acid groups (broad SMARTS) is 1. The van der Waals surface area contributed by atoms with Gasteiger partial charge >= 0.3 is 5.97 Å². The zero-order valence-corrected chi connectivity index (χ0v) is 11.1. The number of hydrogen-bond acceptors (Lipinski definition) is 2. The molecule has 2 rings (SSSR count). The van der Waals surface area contributed by atoms with Gasteiger partial charge in [-0.15, -0.1) is 0 Å².